The molecule has 0 saturated carbocycles. The minimum absolute atomic E-state index is 0.0696. The fourth-order valence-electron chi connectivity index (χ4n) is 8.29. The van der Waals surface area contributed by atoms with Crippen LogP contribution in [0.4, 0.5) is 0 Å². The van der Waals surface area contributed by atoms with Gasteiger partial charge in [-0.05, 0) is 96.4 Å². The van der Waals surface area contributed by atoms with Gasteiger partial charge >= 0.3 is 0 Å². The number of fused-ring (bicyclic) bond motifs is 5. The minimum atomic E-state index is -0.0696. The molecule has 0 fully saturated rings. The second-order valence-corrected chi connectivity index (χ2v) is 14.6. The van der Waals surface area contributed by atoms with Crippen LogP contribution in [0.5, 0.6) is 0 Å². The molecule has 1 aromatic heterocycles. The van der Waals surface area contributed by atoms with Gasteiger partial charge in [-0.15, -0.1) is 0 Å². The molecule has 0 saturated heterocycles. The molecule has 0 N–H and O–H groups in total. The van der Waals surface area contributed by atoms with Gasteiger partial charge in [-0.2, -0.15) is 0 Å². The van der Waals surface area contributed by atoms with E-state index in [9.17, 15) is 0 Å². The van der Waals surface area contributed by atoms with Crippen molar-refractivity contribution in [1.29, 1.82) is 0 Å². The van der Waals surface area contributed by atoms with Crippen LogP contribution in [0.3, 0.4) is 0 Å². The lowest BCUT2D eigenvalue weighted by Gasteiger charge is -2.22. The van der Waals surface area contributed by atoms with Gasteiger partial charge < -0.3 is 0 Å². The first-order chi connectivity index (χ1) is 26.0. The van der Waals surface area contributed by atoms with Crippen LogP contribution in [-0.2, 0) is 5.41 Å². The summed E-state index contributed by atoms with van der Waals surface area (Å²) in [6, 6.07) is 65.4. The Morgan fingerprint density at radius 3 is 1.53 bits per heavy atom. The van der Waals surface area contributed by atoms with Crippen LogP contribution >= 0.6 is 0 Å². The maximum absolute atomic E-state index is 5.26. The maximum atomic E-state index is 5.26. The molecular formula is C51H36N2. The van der Waals surface area contributed by atoms with Gasteiger partial charge in [-0.1, -0.05) is 166 Å². The lowest BCUT2D eigenvalue weighted by molar-refractivity contribution is 0.661. The molecule has 53 heavy (non-hydrogen) atoms. The summed E-state index contributed by atoms with van der Waals surface area (Å²) in [5.41, 5.74) is 15.1. The van der Waals surface area contributed by atoms with E-state index in [1.807, 2.05) is 6.07 Å². The Balaban J connectivity index is 1.11. The van der Waals surface area contributed by atoms with E-state index in [0.29, 0.717) is 5.82 Å². The number of aromatic nitrogens is 2. The van der Waals surface area contributed by atoms with E-state index in [4.69, 9.17) is 9.97 Å². The summed E-state index contributed by atoms with van der Waals surface area (Å²) < 4.78 is 0. The first-order valence-corrected chi connectivity index (χ1v) is 18.3. The molecule has 0 radical (unpaired) electrons. The summed E-state index contributed by atoms with van der Waals surface area (Å²) in [4.78, 5) is 10.5. The molecule has 0 amide bonds. The zero-order chi connectivity index (χ0) is 35.5. The number of rotatable bonds is 5. The molecule has 9 aromatic rings. The van der Waals surface area contributed by atoms with E-state index in [2.05, 4.69) is 190 Å². The number of benzene rings is 8. The second kappa shape index (κ2) is 12.3. The second-order valence-electron chi connectivity index (χ2n) is 14.6. The Morgan fingerprint density at radius 1 is 0.340 bits per heavy atom. The zero-order valence-electron chi connectivity index (χ0n) is 29.7. The van der Waals surface area contributed by atoms with Gasteiger partial charge in [-0.3, -0.25) is 0 Å². The van der Waals surface area contributed by atoms with E-state index in [0.717, 1.165) is 33.5 Å². The highest BCUT2D eigenvalue weighted by atomic mass is 14.9. The van der Waals surface area contributed by atoms with Crippen molar-refractivity contribution in [3.63, 3.8) is 0 Å². The molecule has 1 heterocycles. The van der Waals surface area contributed by atoms with E-state index in [-0.39, 0.29) is 5.41 Å². The lowest BCUT2D eigenvalue weighted by Crippen LogP contribution is -2.14. The molecule has 8 aromatic carbocycles. The van der Waals surface area contributed by atoms with Crippen LogP contribution in [0.15, 0.2) is 182 Å². The highest BCUT2D eigenvalue weighted by Crippen LogP contribution is 2.51. The van der Waals surface area contributed by atoms with Gasteiger partial charge in [0.1, 0.15) is 0 Å². The quantitative estimate of drug-likeness (QED) is 0.181. The van der Waals surface area contributed by atoms with Gasteiger partial charge in [0.25, 0.3) is 0 Å². The molecule has 2 nitrogen and oxygen atoms in total. The first-order valence-electron chi connectivity index (χ1n) is 18.3. The monoisotopic (exact) mass is 676 g/mol. The summed E-state index contributed by atoms with van der Waals surface area (Å²) in [6.07, 6.45) is 0. The third kappa shape index (κ3) is 5.26. The first kappa shape index (κ1) is 31.1. The third-order valence-electron chi connectivity index (χ3n) is 11.1. The molecule has 0 bridgehead atoms. The fraction of sp³-hybridized carbons (Fsp3) is 0.0588. The van der Waals surface area contributed by atoms with Crippen molar-refractivity contribution < 1.29 is 0 Å². The number of hydrogen-bond acceptors (Lipinski definition) is 2. The molecule has 0 aliphatic heterocycles. The smallest absolute Gasteiger partial charge is 0.161 e. The Morgan fingerprint density at radius 2 is 0.830 bits per heavy atom. The predicted octanol–water partition coefficient (Wildman–Crippen LogP) is 13.4. The largest absolute Gasteiger partial charge is 0.228 e. The van der Waals surface area contributed by atoms with Crippen LogP contribution in [0, 0.1) is 0 Å². The van der Waals surface area contributed by atoms with Crippen molar-refractivity contribution in [3.8, 4) is 67.3 Å². The van der Waals surface area contributed by atoms with Crippen LogP contribution in [0.25, 0.3) is 88.8 Å². The van der Waals surface area contributed by atoms with Crippen LogP contribution < -0.4 is 0 Å². The van der Waals surface area contributed by atoms with Gasteiger partial charge in [0.15, 0.2) is 5.82 Å². The van der Waals surface area contributed by atoms with Gasteiger partial charge in [0.05, 0.1) is 11.4 Å². The van der Waals surface area contributed by atoms with Crippen LogP contribution in [-0.4, -0.2) is 9.97 Å². The summed E-state index contributed by atoms with van der Waals surface area (Å²) in [5, 5.41) is 4.88. The highest BCUT2D eigenvalue weighted by Gasteiger charge is 2.36. The fourth-order valence-corrected chi connectivity index (χ4v) is 8.29. The van der Waals surface area contributed by atoms with E-state index < -0.39 is 0 Å². The van der Waals surface area contributed by atoms with E-state index >= 15 is 0 Å². The number of hydrogen-bond donors (Lipinski definition) is 0. The van der Waals surface area contributed by atoms with Gasteiger partial charge in [-0.25, -0.2) is 9.97 Å². The van der Waals surface area contributed by atoms with Crippen molar-refractivity contribution in [2.45, 2.75) is 19.3 Å². The summed E-state index contributed by atoms with van der Waals surface area (Å²) in [7, 11) is 0. The highest BCUT2D eigenvalue weighted by molar-refractivity contribution is 6.05. The van der Waals surface area contributed by atoms with Crippen molar-refractivity contribution in [1.82, 2.24) is 9.97 Å². The predicted molar refractivity (Wildman–Crippen MR) is 222 cm³/mol. The molecule has 0 atom stereocenters. The molecule has 0 spiro atoms. The Bertz CT molecular complexity index is 2830. The number of nitrogens with zero attached hydrogens (tertiary/aromatic N) is 2. The molecule has 1 aliphatic carbocycles. The standard InChI is InChI=1S/C51H36N2/c1-51(2)46-28-25-39(30-44(46)45-29-37-17-9-10-18-38(37)31-47(45)51)40-26-27-43(42-20-12-11-19-41(40)42)50-52-48(35-15-7-4-8-16-35)32-49(53-50)36-23-21-34(22-24-36)33-13-5-3-6-14-33/h3-32H,1-2H3. The molecule has 250 valence electrons. The maximum Gasteiger partial charge on any atom is 0.161 e. The topological polar surface area (TPSA) is 25.8 Å². The van der Waals surface area contributed by atoms with Crippen LogP contribution in [0.2, 0.25) is 0 Å². The summed E-state index contributed by atoms with van der Waals surface area (Å²) in [5.74, 6) is 0.716. The molecule has 0 unspecified atom stereocenters. The van der Waals surface area contributed by atoms with Gasteiger partial charge in [0, 0.05) is 22.1 Å². The molecule has 1 aliphatic rings. The zero-order valence-corrected chi connectivity index (χ0v) is 29.7. The summed E-state index contributed by atoms with van der Waals surface area (Å²) in [6.45, 7) is 4.71. The van der Waals surface area contributed by atoms with Crippen molar-refractivity contribution in [2.75, 3.05) is 0 Å². The normalized spacial score (nSPS) is 12.9. The van der Waals surface area contributed by atoms with Crippen molar-refractivity contribution in [2.24, 2.45) is 0 Å². The Kier molecular flexibility index (Phi) is 7.19. The molecule has 2 heteroatoms. The van der Waals surface area contributed by atoms with Crippen molar-refractivity contribution in [3.05, 3.63) is 193 Å². The minimum Gasteiger partial charge on any atom is -0.228 e. The van der Waals surface area contributed by atoms with Crippen molar-refractivity contribution >= 4 is 21.5 Å². The third-order valence-corrected chi connectivity index (χ3v) is 11.1. The summed E-state index contributed by atoms with van der Waals surface area (Å²) >= 11 is 0. The Hall–Kier alpha value is -6.64. The lowest BCUT2D eigenvalue weighted by atomic mass is 9.81. The SMILES string of the molecule is CC1(C)c2ccc(-c3ccc(-c4nc(-c5ccccc5)cc(-c5ccc(-c6ccccc6)cc5)n4)c4ccccc34)cc2-c2cc3ccccc3cc21. The van der Waals surface area contributed by atoms with Gasteiger partial charge in [0.2, 0.25) is 0 Å². The average Bonchev–Trinajstić information content (AvgIpc) is 3.44. The van der Waals surface area contributed by atoms with E-state index in [1.54, 1.807) is 0 Å². The average molecular weight is 677 g/mol. The molecule has 10 rings (SSSR count). The van der Waals surface area contributed by atoms with E-state index in [1.165, 1.54) is 60.7 Å². The van der Waals surface area contributed by atoms with Crippen LogP contribution in [0.1, 0.15) is 25.0 Å². The Labute approximate surface area is 310 Å². The molecular weight excluding hydrogens is 641 g/mol.